The van der Waals surface area contributed by atoms with Crippen LogP contribution in [0.2, 0.25) is 0 Å². The Labute approximate surface area is 196 Å². The highest BCUT2D eigenvalue weighted by atomic mass is 19.2. The van der Waals surface area contributed by atoms with Crippen LogP contribution in [0, 0.1) is 29.3 Å². The Morgan fingerprint density at radius 1 is 1.09 bits per heavy atom. The van der Waals surface area contributed by atoms with Crippen molar-refractivity contribution in [1.82, 2.24) is 19.7 Å². The van der Waals surface area contributed by atoms with Gasteiger partial charge in [-0.25, -0.2) is 22.6 Å². The minimum atomic E-state index is -1.46. The van der Waals surface area contributed by atoms with E-state index in [-0.39, 0.29) is 29.5 Å². The fourth-order valence-electron chi connectivity index (χ4n) is 5.60. The summed E-state index contributed by atoms with van der Waals surface area (Å²) >= 11 is 0. The maximum absolute atomic E-state index is 14.5. The molecule has 3 heterocycles. The van der Waals surface area contributed by atoms with Crippen LogP contribution in [0.3, 0.4) is 0 Å². The number of anilines is 1. The largest absolute Gasteiger partial charge is 0.444 e. The summed E-state index contributed by atoms with van der Waals surface area (Å²) in [6.45, 7) is 7.44. The first kappa shape index (κ1) is 23.0. The molecular weight excluding hydrogens is 447 g/mol. The van der Waals surface area contributed by atoms with Crippen molar-refractivity contribution in [3.05, 3.63) is 41.0 Å². The summed E-state index contributed by atoms with van der Waals surface area (Å²) in [6.07, 6.45) is 3.03. The summed E-state index contributed by atoms with van der Waals surface area (Å²) in [4.78, 5) is 19.0. The van der Waals surface area contributed by atoms with Crippen LogP contribution in [0.15, 0.2) is 12.1 Å². The first-order valence-corrected chi connectivity index (χ1v) is 11.9. The topological polar surface area (TPSA) is 72.3 Å². The second-order valence-electron chi connectivity index (χ2n) is 10.6. The predicted molar refractivity (Wildman–Crippen MR) is 119 cm³/mol. The first-order valence-electron chi connectivity index (χ1n) is 11.9. The van der Waals surface area contributed by atoms with Gasteiger partial charge >= 0.3 is 6.09 Å². The number of aryl methyl sites for hydroxylation is 1. The van der Waals surface area contributed by atoms with Crippen LogP contribution in [0.25, 0.3) is 0 Å². The van der Waals surface area contributed by atoms with E-state index in [0.29, 0.717) is 37.8 Å². The molecule has 2 unspecified atom stereocenters. The maximum Gasteiger partial charge on any atom is 0.410 e. The number of nitrogens with zero attached hydrogens (tertiary/aromatic N) is 4. The molecule has 4 atom stereocenters. The Bertz CT molecular complexity index is 1090. The van der Waals surface area contributed by atoms with Gasteiger partial charge < -0.3 is 15.0 Å². The number of hydrogen-bond acceptors (Lipinski definition) is 5. The molecule has 1 aromatic heterocycles. The van der Waals surface area contributed by atoms with E-state index in [4.69, 9.17) is 4.74 Å². The number of rotatable bonds is 3. The van der Waals surface area contributed by atoms with Crippen LogP contribution in [0.4, 0.5) is 23.9 Å². The van der Waals surface area contributed by atoms with E-state index in [0.717, 1.165) is 25.3 Å². The van der Waals surface area contributed by atoms with Crippen LogP contribution < -0.4 is 5.32 Å². The number of piperidine rings is 1. The van der Waals surface area contributed by atoms with Gasteiger partial charge in [0.2, 0.25) is 5.95 Å². The zero-order valence-electron chi connectivity index (χ0n) is 19.7. The van der Waals surface area contributed by atoms with Crippen LogP contribution in [-0.4, -0.2) is 50.5 Å². The smallest absolute Gasteiger partial charge is 0.410 e. The quantitative estimate of drug-likeness (QED) is 0.650. The molecule has 184 valence electrons. The lowest BCUT2D eigenvalue weighted by Gasteiger charge is -2.38. The number of carbonyl (C=O) groups is 1. The molecule has 1 saturated heterocycles. The molecule has 10 heteroatoms. The summed E-state index contributed by atoms with van der Waals surface area (Å²) in [6, 6.07) is 2.38. The second-order valence-corrected chi connectivity index (χ2v) is 10.6. The summed E-state index contributed by atoms with van der Waals surface area (Å²) in [7, 11) is 0. The molecule has 2 aliphatic heterocycles. The fraction of sp³-hybridized carbons (Fsp3) is 0.625. The van der Waals surface area contributed by atoms with Gasteiger partial charge in [0.05, 0.1) is 0 Å². The van der Waals surface area contributed by atoms with Gasteiger partial charge in [0.15, 0.2) is 17.5 Å². The van der Waals surface area contributed by atoms with Crippen molar-refractivity contribution in [2.45, 2.75) is 70.6 Å². The van der Waals surface area contributed by atoms with Crippen LogP contribution >= 0.6 is 0 Å². The zero-order valence-corrected chi connectivity index (χ0v) is 19.7. The Morgan fingerprint density at radius 2 is 1.79 bits per heavy atom. The molecule has 3 aliphatic rings. The van der Waals surface area contributed by atoms with Gasteiger partial charge in [-0.1, -0.05) is 6.07 Å². The molecule has 5 rings (SSSR count). The highest BCUT2D eigenvalue weighted by molar-refractivity contribution is 5.68. The maximum atomic E-state index is 14.5. The highest BCUT2D eigenvalue weighted by Gasteiger charge is 2.45. The van der Waals surface area contributed by atoms with Crippen molar-refractivity contribution in [3.63, 3.8) is 0 Å². The van der Waals surface area contributed by atoms with E-state index in [1.54, 1.807) is 9.58 Å². The summed E-state index contributed by atoms with van der Waals surface area (Å²) in [5.74, 6) is -2.79. The van der Waals surface area contributed by atoms with Crippen molar-refractivity contribution >= 4 is 12.0 Å². The fourth-order valence-corrected chi connectivity index (χ4v) is 5.60. The summed E-state index contributed by atoms with van der Waals surface area (Å²) in [5.41, 5.74) is -0.432. The standard InChI is InChI=1S/C24H30F3N5O2/c1-24(2,3)34-23(33)31-11-13-6-7-14(12-31)20(13)28-22-29-21-16(5-4-10-32(21)30-22)15-8-9-17(25)19(27)18(15)26/h8-9,13-14,16,20H,4-7,10-12H2,1-3H3,(H,28,30)/t13-,14+,16?,20?. The Morgan fingerprint density at radius 3 is 2.47 bits per heavy atom. The van der Waals surface area contributed by atoms with E-state index in [1.165, 1.54) is 6.07 Å². The Balaban J connectivity index is 1.32. The van der Waals surface area contributed by atoms with Gasteiger partial charge in [0, 0.05) is 37.2 Å². The van der Waals surface area contributed by atoms with Crippen molar-refractivity contribution in [1.29, 1.82) is 0 Å². The van der Waals surface area contributed by atoms with Gasteiger partial charge in [0.25, 0.3) is 0 Å². The van der Waals surface area contributed by atoms with E-state index >= 15 is 0 Å². The van der Waals surface area contributed by atoms with Crippen molar-refractivity contribution in [3.8, 4) is 0 Å². The van der Waals surface area contributed by atoms with Gasteiger partial charge in [0.1, 0.15) is 11.4 Å². The highest BCUT2D eigenvalue weighted by Crippen LogP contribution is 2.40. The van der Waals surface area contributed by atoms with Gasteiger partial charge in [-0.2, -0.15) is 4.98 Å². The molecule has 1 N–H and O–H groups in total. The number of fused-ring (bicyclic) bond motifs is 3. The van der Waals surface area contributed by atoms with Crippen molar-refractivity contribution in [2.24, 2.45) is 11.8 Å². The average Bonchev–Trinajstić information content (AvgIpc) is 3.27. The van der Waals surface area contributed by atoms with Gasteiger partial charge in [-0.15, -0.1) is 5.10 Å². The number of halogens is 3. The SMILES string of the molecule is CC(C)(C)OC(=O)N1C[C@H]2CC[C@@H](C1)C2Nc1nc2n(n1)CCCC2c1ccc(F)c(F)c1F. The molecule has 1 aromatic carbocycles. The van der Waals surface area contributed by atoms with E-state index < -0.39 is 29.0 Å². The second kappa shape index (κ2) is 8.46. The molecule has 1 saturated carbocycles. The Kier molecular flexibility index (Phi) is 5.72. The molecular formula is C24H30F3N5O2. The molecule has 7 nitrogen and oxygen atoms in total. The molecule has 34 heavy (non-hydrogen) atoms. The van der Waals surface area contributed by atoms with E-state index in [9.17, 15) is 18.0 Å². The molecule has 0 spiro atoms. The number of hydrogen-bond donors (Lipinski definition) is 1. The van der Waals surface area contributed by atoms with Gasteiger partial charge in [-0.05, 0) is 64.4 Å². The summed E-state index contributed by atoms with van der Waals surface area (Å²) < 4.78 is 49.1. The molecule has 2 bridgehead atoms. The lowest BCUT2D eigenvalue weighted by atomic mass is 9.90. The normalized spacial score (nSPS) is 26.4. The molecule has 0 radical (unpaired) electrons. The van der Waals surface area contributed by atoms with Crippen molar-refractivity contribution < 1.29 is 22.7 Å². The van der Waals surface area contributed by atoms with Crippen LogP contribution in [0.1, 0.15) is 63.8 Å². The predicted octanol–water partition coefficient (Wildman–Crippen LogP) is 4.68. The van der Waals surface area contributed by atoms with Crippen LogP contribution in [0.5, 0.6) is 0 Å². The molecule has 2 fully saturated rings. The first-order chi connectivity index (χ1) is 16.1. The minimum Gasteiger partial charge on any atom is -0.444 e. The third-order valence-corrected chi connectivity index (χ3v) is 7.10. The Hall–Kier alpha value is -2.78. The number of nitrogens with one attached hydrogen (secondary N) is 1. The molecule has 1 amide bonds. The van der Waals surface area contributed by atoms with Gasteiger partial charge in [-0.3, -0.25) is 0 Å². The number of amides is 1. The monoisotopic (exact) mass is 477 g/mol. The molecule has 1 aliphatic carbocycles. The third kappa shape index (κ3) is 4.22. The number of carbonyl (C=O) groups excluding carboxylic acids is 1. The van der Waals surface area contributed by atoms with Crippen molar-refractivity contribution in [2.75, 3.05) is 18.4 Å². The number of aromatic nitrogens is 3. The number of ether oxygens (including phenoxy) is 1. The zero-order chi connectivity index (χ0) is 24.2. The lowest BCUT2D eigenvalue weighted by Crippen LogP contribution is -2.51. The number of likely N-dealkylation sites (tertiary alicyclic amines) is 1. The lowest BCUT2D eigenvalue weighted by molar-refractivity contribution is 0.0141. The number of benzene rings is 1. The molecule has 2 aromatic rings. The average molecular weight is 478 g/mol. The summed E-state index contributed by atoms with van der Waals surface area (Å²) in [5, 5.41) is 8.05. The van der Waals surface area contributed by atoms with E-state index in [1.807, 2.05) is 20.8 Å². The third-order valence-electron chi connectivity index (χ3n) is 7.10. The minimum absolute atomic E-state index is 0.101. The van der Waals surface area contributed by atoms with Crippen LogP contribution in [-0.2, 0) is 11.3 Å². The van der Waals surface area contributed by atoms with E-state index in [2.05, 4.69) is 15.4 Å².